The number of thioether (sulfide) groups is 1. The monoisotopic (exact) mass is 241 g/mol. The van der Waals surface area contributed by atoms with Crippen molar-refractivity contribution in [2.75, 3.05) is 31.3 Å². The van der Waals surface area contributed by atoms with Crippen LogP contribution in [0, 0.1) is 18.3 Å². The molecule has 1 rings (SSSR count). The quantitative estimate of drug-likeness (QED) is 0.545. The van der Waals surface area contributed by atoms with Crippen molar-refractivity contribution >= 4 is 11.8 Å². The predicted octanol–water partition coefficient (Wildman–Crippen LogP) is 2.15. The first-order valence-electron chi connectivity index (χ1n) is 6.15. The lowest BCUT2D eigenvalue weighted by atomic mass is 9.93. The zero-order chi connectivity index (χ0) is 11.6. The molecule has 92 valence electrons. The molecule has 3 heteroatoms. The average molecular weight is 241 g/mol. The van der Waals surface area contributed by atoms with Crippen LogP contribution in [0.15, 0.2) is 0 Å². The highest BCUT2D eigenvalue weighted by Gasteiger charge is 2.16. The van der Waals surface area contributed by atoms with Gasteiger partial charge in [-0.1, -0.05) is 5.92 Å². The van der Waals surface area contributed by atoms with Crippen LogP contribution in [0.25, 0.3) is 0 Å². The lowest BCUT2D eigenvalue weighted by molar-refractivity contribution is 0.0613. The lowest BCUT2D eigenvalue weighted by Crippen LogP contribution is -2.31. The van der Waals surface area contributed by atoms with Crippen molar-refractivity contribution in [3.05, 3.63) is 0 Å². The average Bonchev–Trinajstić information content (AvgIpc) is 2.30. The summed E-state index contributed by atoms with van der Waals surface area (Å²) in [7, 11) is 0. The zero-order valence-corrected chi connectivity index (χ0v) is 11.0. The van der Waals surface area contributed by atoms with E-state index in [0.717, 1.165) is 37.2 Å². The van der Waals surface area contributed by atoms with Crippen LogP contribution in [-0.4, -0.2) is 37.3 Å². The highest BCUT2D eigenvalue weighted by Crippen LogP contribution is 2.19. The van der Waals surface area contributed by atoms with Crippen molar-refractivity contribution in [3.63, 3.8) is 0 Å². The molecule has 0 radical (unpaired) electrons. The molecule has 1 aliphatic rings. The van der Waals surface area contributed by atoms with Crippen LogP contribution < -0.4 is 5.32 Å². The molecule has 1 heterocycles. The highest BCUT2D eigenvalue weighted by molar-refractivity contribution is 7.99. The summed E-state index contributed by atoms with van der Waals surface area (Å²) < 4.78 is 5.36. The van der Waals surface area contributed by atoms with Crippen LogP contribution >= 0.6 is 11.8 Å². The molecule has 1 N–H and O–H groups in total. The van der Waals surface area contributed by atoms with Crippen molar-refractivity contribution in [2.45, 2.75) is 32.2 Å². The first-order chi connectivity index (χ1) is 7.83. The molecule has 1 aliphatic heterocycles. The fourth-order valence-corrected chi connectivity index (χ4v) is 2.60. The van der Waals surface area contributed by atoms with Gasteiger partial charge in [0.05, 0.1) is 5.75 Å². The van der Waals surface area contributed by atoms with Gasteiger partial charge >= 0.3 is 0 Å². The number of ether oxygens (including phenoxy) is 1. The largest absolute Gasteiger partial charge is 0.381 e. The molecular formula is C13H23NOS. The Labute approximate surface area is 104 Å². The molecule has 0 amide bonds. The van der Waals surface area contributed by atoms with Crippen molar-refractivity contribution in [1.82, 2.24) is 5.32 Å². The summed E-state index contributed by atoms with van der Waals surface area (Å²) >= 11 is 1.82. The minimum atomic E-state index is 0.620. The predicted molar refractivity (Wildman–Crippen MR) is 71.8 cm³/mol. The second-order valence-corrected chi connectivity index (χ2v) is 5.51. The molecular weight excluding hydrogens is 218 g/mol. The van der Waals surface area contributed by atoms with Crippen LogP contribution in [0.3, 0.4) is 0 Å². The van der Waals surface area contributed by atoms with E-state index in [0.29, 0.717) is 6.04 Å². The third-order valence-electron chi connectivity index (χ3n) is 2.95. The Balaban J connectivity index is 1.97. The molecule has 1 unspecified atom stereocenters. The molecule has 0 saturated carbocycles. The summed E-state index contributed by atoms with van der Waals surface area (Å²) in [5, 5.41) is 3.56. The van der Waals surface area contributed by atoms with Crippen molar-refractivity contribution < 1.29 is 4.74 Å². The maximum absolute atomic E-state index is 5.36. The smallest absolute Gasteiger partial charge is 0.0545 e. The second-order valence-electron chi connectivity index (χ2n) is 4.40. The van der Waals surface area contributed by atoms with Gasteiger partial charge in [0, 0.05) is 31.6 Å². The van der Waals surface area contributed by atoms with E-state index in [1.165, 1.54) is 19.3 Å². The lowest BCUT2D eigenvalue weighted by Gasteiger charge is -2.25. The Morgan fingerprint density at radius 2 is 2.25 bits per heavy atom. The number of rotatable bonds is 7. The number of terminal acetylenes is 1. The molecule has 0 aliphatic carbocycles. The molecule has 0 aromatic rings. The minimum absolute atomic E-state index is 0.620. The van der Waals surface area contributed by atoms with Crippen LogP contribution in [0.2, 0.25) is 0 Å². The third-order valence-corrected chi connectivity index (χ3v) is 3.82. The van der Waals surface area contributed by atoms with E-state index in [-0.39, 0.29) is 0 Å². The fraction of sp³-hybridized carbons (Fsp3) is 0.846. The Kier molecular flexibility index (Phi) is 7.75. The summed E-state index contributed by atoms with van der Waals surface area (Å²) in [6.07, 6.45) is 8.94. The number of hydrogen-bond acceptors (Lipinski definition) is 3. The SMILES string of the molecule is C#CCSCCNC(C)CC1CCOCC1. The summed E-state index contributed by atoms with van der Waals surface area (Å²) in [5.74, 6) is 5.44. The van der Waals surface area contributed by atoms with Gasteiger partial charge in [0.1, 0.15) is 0 Å². The summed E-state index contributed by atoms with van der Waals surface area (Å²) in [6, 6.07) is 0.620. The summed E-state index contributed by atoms with van der Waals surface area (Å²) in [6.45, 7) is 5.25. The number of hydrogen-bond donors (Lipinski definition) is 1. The van der Waals surface area contributed by atoms with Gasteiger partial charge < -0.3 is 10.1 Å². The summed E-state index contributed by atoms with van der Waals surface area (Å²) in [5.41, 5.74) is 0. The molecule has 2 nitrogen and oxygen atoms in total. The molecule has 0 aromatic heterocycles. The maximum atomic E-state index is 5.36. The molecule has 1 fully saturated rings. The highest BCUT2D eigenvalue weighted by atomic mass is 32.2. The van der Waals surface area contributed by atoms with E-state index in [1.807, 2.05) is 11.8 Å². The van der Waals surface area contributed by atoms with Gasteiger partial charge in [-0.3, -0.25) is 0 Å². The van der Waals surface area contributed by atoms with E-state index < -0.39 is 0 Å². The van der Waals surface area contributed by atoms with Gasteiger partial charge in [-0.15, -0.1) is 18.2 Å². The van der Waals surface area contributed by atoms with Gasteiger partial charge in [-0.05, 0) is 32.1 Å². The van der Waals surface area contributed by atoms with Gasteiger partial charge in [-0.2, -0.15) is 0 Å². The van der Waals surface area contributed by atoms with Crippen molar-refractivity contribution in [1.29, 1.82) is 0 Å². The standard InChI is InChI=1S/C13H23NOS/c1-3-9-16-10-6-14-12(2)11-13-4-7-15-8-5-13/h1,12-14H,4-11H2,2H3. The van der Waals surface area contributed by atoms with Crippen LogP contribution in [-0.2, 0) is 4.74 Å². The van der Waals surface area contributed by atoms with E-state index in [2.05, 4.69) is 18.2 Å². The normalized spacial score (nSPS) is 19.2. The van der Waals surface area contributed by atoms with Crippen LogP contribution in [0.5, 0.6) is 0 Å². The summed E-state index contributed by atoms with van der Waals surface area (Å²) in [4.78, 5) is 0. The molecule has 0 spiro atoms. The van der Waals surface area contributed by atoms with Gasteiger partial charge in [0.25, 0.3) is 0 Å². The van der Waals surface area contributed by atoms with Crippen molar-refractivity contribution in [2.24, 2.45) is 5.92 Å². The maximum Gasteiger partial charge on any atom is 0.0545 e. The topological polar surface area (TPSA) is 21.3 Å². The van der Waals surface area contributed by atoms with E-state index in [4.69, 9.17) is 11.2 Å². The molecule has 1 atom stereocenters. The Bertz CT molecular complexity index is 208. The van der Waals surface area contributed by atoms with E-state index in [1.54, 1.807) is 0 Å². The first-order valence-corrected chi connectivity index (χ1v) is 7.30. The van der Waals surface area contributed by atoms with E-state index in [9.17, 15) is 0 Å². The van der Waals surface area contributed by atoms with Crippen molar-refractivity contribution in [3.8, 4) is 12.3 Å². The minimum Gasteiger partial charge on any atom is -0.381 e. The Morgan fingerprint density at radius 3 is 2.94 bits per heavy atom. The van der Waals surface area contributed by atoms with E-state index >= 15 is 0 Å². The molecule has 1 saturated heterocycles. The molecule has 16 heavy (non-hydrogen) atoms. The van der Waals surface area contributed by atoms with Crippen LogP contribution in [0.1, 0.15) is 26.2 Å². The zero-order valence-electron chi connectivity index (χ0n) is 10.2. The van der Waals surface area contributed by atoms with Gasteiger partial charge in [-0.25, -0.2) is 0 Å². The van der Waals surface area contributed by atoms with Gasteiger partial charge in [0.15, 0.2) is 0 Å². The van der Waals surface area contributed by atoms with Crippen LogP contribution in [0.4, 0.5) is 0 Å². The molecule has 0 aromatic carbocycles. The third kappa shape index (κ3) is 6.42. The van der Waals surface area contributed by atoms with Gasteiger partial charge in [0.2, 0.25) is 0 Å². The second kappa shape index (κ2) is 8.92. The Hall–Kier alpha value is -0.170. The Morgan fingerprint density at radius 1 is 1.50 bits per heavy atom. The molecule has 0 bridgehead atoms. The first kappa shape index (κ1) is 13.9. The fourth-order valence-electron chi connectivity index (χ4n) is 2.07. The number of nitrogens with one attached hydrogen (secondary N) is 1.